The summed E-state index contributed by atoms with van der Waals surface area (Å²) in [5.74, 6) is 0.483. The Labute approximate surface area is 107 Å². The highest BCUT2D eigenvalue weighted by Gasteiger charge is 2.25. The van der Waals surface area contributed by atoms with Gasteiger partial charge in [-0.05, 0) is 32.4 Å². The first-order chi connectivity index (χ1) is 8.10. The van der Waals surface area contributed by atoms with Crippen molar-refractivity contribution in [2.24, 2.45) is 5.92 Å². The molecule has 0 aliphatic carbocycles. The molecule has 0 aromatic rings. The number of carbonyl (C=O) groups excluding carboxylic acids is 1. The van der Waals surface area contributed by atoms with E-state index >= 15 is 0 Å². The zero-order valence-corrected chi connectivity index (χ0v) is 12.2. The summed E-state index contributed by atoms with van der Waals surface area (Å²) < 4.78 is 5.07. The number of esters is 1. The maximum Gasteiger partial charge on any atom is 0.307 e. The lowest BCUT2D eigenvalue weighted by Gasteiger charge is -2.33. The minimum Gasteiger partial charge on any atom is -0.466 e. The van der Waals surface area contributed by atoms with Crippen molar-refractivity contribution in [3.05, 3.63) is 0 Å². The average molecular weight is 243 g/mol. The van der Waals surface area contributed by atoms with Crippen LogP contribution in [0.25, 0.3) is 0 Å². The lowest BCUT2D eigenvalue weighted by molar-refractivity contribution is -0.145. The summed E-state index contributed by atoms with van der Waals surface area (Å²) >= 11 is 0. The lowest BCUT2D eigenvalue weighted by Crippen LogP contribution is -2.41. The molecule has 0 rings (SSSR count). The molecule has 0 N–H and O–H groups in total. The Morgan fingerprint density at radius 2 is 1.76 bits per heavy atom. The number of hydrogen-bond acceptors (Lipinski definition) is 3. The zero-order valence-electron chi connectivity index (χ0n) is 12.2. The highest BCUT2D eigenvalue weighted by Crippen LogP contribution is 2.20. The van der Waals surface area contributed by atoms with Gasteiger partial charge in [-0.15, -0.1) is 0 Å². The quantitative estimate of drug-likeness (QED) is 0.583. The summed E-state index contributed by atoms with van der Waals surface area (Å²) in [7, 11) is 0. The second kappa shape index (κ2) is 9.46. The van der Waals surface area contributed by atoms with Gasteiger partial charge >= 0.3 is 5.97 Å². The molecule has 0 heterocycles. The lowest BCUT2D eigenvalue weighted by atomic mass is 9.93. The smallest absolute Gasteiger partial charge is 0.307 e. The molecule has 0 bridgehead atoms. The second-order valence-corrected chi connectivity index (χ2v) is 4.56. The van der Waals surface area contributed by atoms with Crippen LogP contribution >= 0.6 is 0 Å². The Kier molecular flexibility index (Phi) is 9.14. The van der Waals surface area contributed by atoms with Crippen LogP contribution in [-0.4, -0.2) is 36.6 Å². The van der Waals surface area contributed by atoms with Crippen molar-refractivity contribution < 1.29 is 9.53 Å². The molecule has 0 saturated carbocycles. The summed E-state index contributed by atoms with van der Waals surface area (Å²) in [6.45, 7) is 13.1. The molecule has 17 heavy (non-hydrogen) atoms. The molecule has 0 spiro atoms. The Morgan fingerprint density at radius 3 is 2.18 bits per heavy atom. The molecule has 2 atom stereocenters. The first-order valence-electron chi connectivity index (χ1n) is 7.00. The first kappa shape index (κ1) is 16.4. The number of ether oxygens (including phenoxy) is 1. The standard InChI is InChI=1S/C14H29NO2/c1-6-10-12(5)13(15(7-2)8-3)11-14(16)17-9-4/h12-13H,6-11H2,1-5H3. The summed E-state index contributed by atoms with van der Waals surface area (Å²) in [5.41, 5.74) is 0. The highest BCUT2D eigenvalue weighted by atomic mass is 16.5. The van der Waals surface area contributed by atoms with E-state index in [1.807, 2.05) is 6.92 Å². The van der Waals surface area contributed by atoms with Gasteiger partial charge in [-0.25, -0.2) is 0 Å². The Bertz CT molecular complexity index is 202. The van der Waals surface area contributed by atoms with Crippen LogP contribution in [0.1, 0.15) is 53.9 Å². The van der Waals surface area contributed by atoms with Gasteiger partial charge in [0.2, 0.25) is 0 Å². The highest BCUT2D eigenvalue weighted by molar-refractivity contribution is 5.70. The van der Waals surface area contributed by atoms with E-state index in [0.29, 0.717) is 25.0 Å². The molecule has 0 radical (unpaired) electrons. The number of hydrogen-bond donors (Lipinski definition) is 0. The van der Waals surface area contributed by atoms with Crippen LogP contribution in [0.15, 0.2) is 0 Å². The van der Waals surface area contributed by atoms with E-state index in [9.17, 15) is 4.79 Å². The summed E-state index contributed by atoms with van der Waals surface area (Å²) in [4.78, 5) is 14.0. The molecule has 3 heteroatoms. The molecule has 0 aromatic carbocycles. The third kappa shape index (κ3) is 6.06. The van der Waals surface area contributed by atoms with E-state index in [1.54, 1.807) is 0 Å². The van der Waals surface area contributed by atoms with Gasteiger partial charge in [0, 0.05) is 6.04 Å². The van der Waals surface area contributed by atoms with Gasteiger partial charge in [0.05, 0.1) is 13.0 Å². The van der Waals surface area contributed by atoms with Crippen molar-refractivity contribution in [1.82, 2.24) is 4.90 Å². The monoisotopic (exact) mass is 243 g/mol. The molecule has 0 aliphatic heterocycles. The molecule has 0 aromatic heterocycles. The van der Waals surface area contributed by atoms with Crippen molar-refractivity contribution >= 4 is 5.97 Å². The van der Waals surface area contributed by atoms with E-state index in [4.69, 9.17) is 4.74 Å². The Hall–Kier alpha value is -0.570. The summed E-state index contributed by atoms with van der Waals surface area (Å²) in [6.07, 6.45) is 2.86. The van der Waals surface area contributed by atoms with Crippen LogP contribution in [-0.2, 0) is 9.53 Å². The minimum atomic E-state index is -0.0626. The Balaban J connectivity index is 4.53. The fourth-order valence-electron chi connectivity index (χ4n) is 2.42. The zero-order chi connectivity index (χ0) is 13.3. The van der Waals surface area contributed by atoms with Crippen LogP contribution in [0.2, 0.25) is 0 Å². The van der Waals surface area contributed by atoms with Crippen molar-refractivity contribution in [2.75, 3.05) is 19.7 Å². The molecule has 102 valence electrons. The van der Waals surface area contributed by atoms with Crippen molar-refractivity contribution in [3.63, 3.8) is 0 Å². The van der Waals surface area contributed by atoms with Crippen molar-refractivity contribution in [2.45, 2.75) is 59.9 Å². The molecular formula is C14H29NO2. The molecule has 0 saturated heterocycles. The number of carbonyl (C=O) groups is 1. The molecule has 0 amide bonds. The molecule has 2 unspecified atom stereocenters. The van der Waals surface area contributed by atoms with E-state index in [2.05, 4.69) is 32.6 Å². The summed E-state index contributed by atoms with van der Waals surface area (Å²) in [6, 6.07) is 0.323. The van der Waals surface area contributed by atoms with Gasteiger partial charge in [0.15, 0.2) is 0 Å². The number of rotatable bonds is 9. The van der Waals surface area contributed by atoms with Gasteiger partial charge in [-0.3, -0.25) is 4.79 Å². The van der Waals surface area contributed by atoms with Crippen LogP contribution in [0.3, 0.4) is 0 Å². The van der Waals surface area contributed by atoms with E-state index < -0.39 is 0 Å². The predicted molar refractivity (Wildman–Crippen MR) is 72.0 cm³/mol. The molecular weight excluding hydrogens is 214 g/mol. The van der Waals surface area contributed by atoms with Crippen LogP contribution in [0.4, 0.5) is 0 Å². The van der Waals surface area contributed by atoms with E-state index in [-0.39, 0.29) is 5.97 Å². The largest absolute Gasteiger partial charge is 0.466 e. The number of nitrogens with zero attached hydrogens (tertiary/aromatic N) is 1. The van der Waals surface area contributed by atoms with Gasteiger partial charge < -0.3 is 9.64 Å². The van der Waals surface area contributed by atoms with Crippen LogP contribution in [0.5, 0.6) is 0 Å². The second-order valence-electron chi connectivity index (χ2n) is 4.56. The molecule has 3 nitrogen and oxygen atoms in total. The first-order valence-corrected chi connectivity index (χ1v) is 7.00. The molecule has 0 aliphatic rings. The SMILES string of the molecule is CCCC(C)C(CC(=O)OCC)N(CC)CC. The maximum absolute atomic E-state index is 11.6. The van der Waals surface area contributed by atoms with Gasteiger partial charge in [0.25, 0.3) is 0 Å². The maximum atomic E-state index is 11.6. The van der Waals surface area contributed by atoms with Crippen LogP contribution in [0, 0.1) is 5.92 Å². The van der Waals surface area contributed by atoms with Gasteiger partial charge in [0.1, 0.15) is 0 Å². The van der Waals surface area contributed by atoms with E-state index in [0.717, 1.165) is 13.1 Å². The van der Waals surface area contributed by atoms with Gasteiger partial charge in [-0.1, -0.05) is 34.1 Å². The van der Waals surface area contributed by atoms with Crippen molar-refractivity contribution in [3.8, 4) is 0 Å². The molecule has 0 fully saturated rings. The summed E-state index contributed by atoms with van der Waals surface area (Å²) in [5, 5.41) is 0. The van der Waals surface area contributed by atoms with E-state index in [1.165, 1.54) is 12.8 Å². The minimum absolute atomic E-state index is 0.0626. The average Bonchev–Trinajstić information content (AvgIpc) is 2.30. The van der Waals surface area contributed by atoms with Crippen LogP contribution < -0.4 is 0 Å². The Morgan fingerprint density at radius 1 is 1.18 bits per heavy atom. The van der Waals surface area contributed by atoms with Gasteiger partial charge in [-0.2, -0.15) is 0 Å². The third-order valence-corrected chi connectivity index (χ3v) is 3.36. The third-order valence-electron chi connectivity index (χ3n) is 3.36. The fraction of sp³-hybridized carbons (Fsp3) is 0.929. The predicted octanol–water partition coefficient (Wildman–Crippen LogP) is 3.09. The van der Waals surface area contributed by atoms with Crippen molar-refractivity contribution in [1.29, 1.82) is 0 Å². The fourth-order valence-corrected chi connectivity index (χ4v) is 2.42. The topological polar surface area (TPSA) is 29.5 Å². The normalized spacial score (nSPS) is 14.7.